The molecule has 2 aromatic carbocycles. The number of rotatable bonds is 5. The fraction of sp³-hybridized carbons (Fsp3) is 0.294. The van der Waals surface area contributed by atoms with Gasteiger partial charge in [0, 0.05) is 4.47 Å². The third-order valence-electron chi connectivity index (χ3n) is 3.27. The monoisotopic (exact) mass is 352 g/mol. The second kappa shape index (κ2) is 7.14. The van der Waals surface area contributed by atoms with Crippen LogP contribution in [0.4, 0.5) is 0 Å². The van der Waals surface area contributed by atoms with E-state index >= 15 is 0 Å². The van der Waals surface area contributed by atoms with Gasteiger partial charge in [-0.3, -0.25) is 0 Å². The van der Waals surface area contributed by atoms with Crippen LogP contribution >= 0.6 is 27.5 Å². The third kappa shape index (κ3) is 3.36. The second-order valence-corrected chi connectivity index (χ2v) is 5.82. The summed E-state index contributed by atoms with van der Waals surface area (Å²) in [4.78, 5) is 0. The van der Waals surface area contributed by atoms with E-state index in [1.807, 2.05) is 31.2 Å². The van der Waals surface area contributed by atoms with Gasteiger partial charge >= 0.3 is 0 Å². The fourth-order valence-electron chi connectivity index (χ4n) is 2.24. The van der Waals surface area contributed by atoms with E-state index in [9.17, 15) is 0 Å². The minimum absolute atomic E-state index is 0.156. The Hall–Kier alpha value is -0.990. The maximum atomic E-state index is 6.68. The molecule has 20 heavy (non-hydrogen) atoms. The largest absolute Gasteiger partial charge is 0.494 e. The van der Waals surface area contributed by atoms with E-state index in [0.29, 0.717) is 6.61 Å². The summed E-state index contributed by atoms with van der Waals surface area (Å²) in [5, 5.41) is -0.156. The summed E-state index contributed by atoms with van der Waals surface area (Å²) in [5.74, 6) is 0.857. The van der Waals surface area contributed by atoms with Gasteiger partial charge in [-0.2, -0.15) is 0 Å². The average molecular weight is 354 g/mol. The molecule has 1 atom stereocenters. The lowest BCUT2D eigenvalue weighted by Gasteiger charge is -2.16. The Morgan fingerprint density at radius 2 is 1.85 bits per heavy atom. The number of halogens is 2. The molecule has 0 bridgehead atoms. The predicted molar refractivity (Wildman–Crippen MR) is 88.8 cm³/mol. The van der Waals surface area contributed by atoms with Gasteiger partial charge in [-0.15, -0.1) is 11.6 Å². The number of alkyl halides is 1. The fourth-order valence-corrected chi connectivity index (χ4v) is 3.36. The van der Waals surface area contributed by atoms with Crippen LogP contribution in [0.15, 0.2) is 46.9 Å². The molecule has 1 unspecified atom stereocenters. The molecule has 0 aliphatic heterocycles. The lowest BCUT2D eigenvalue weighted by molar-refractivity contribution is 0.340. The zero-order valence-electron chi connectivity index (χ0n) is 11.7. The summed E-state index contributed by atoms with van der Waals surface area (Å²) in [6, 6.07) is 14.3. The van der Waals surface area contributed by atoms with Gasteiger partial charge in [-0.05, 0) is 42.2 Å². The molecule has 0 saturated carbocycles. The molecular weight excluding hydrogens is 336 g/mol. The first-order chi connectivity index (χ1) is 9.67. The highest BCUT2D eigenvalue weighted by atomic mass is 79.9. The van der Waals surface area contributed by atoms with Crippen LogP contribution in [-0.2, 0) is 6.42 Å². The van der Waals surface area contributed by atoms with Crippen LogP contribution in [0.5, 0.6) is 5.75 Å². The van der Waals surface area contributed by atoms with Gasteiger partial charge in [-0.1, -0.05) is 53.2 Å². The van der Waals surface area contributed by atoms with Crippen molar-refractivity contribution in [3.05, 3.63) is 63.6 Å². The van der Waals surface area contributed by atoms with Gasteiger partial charge in [0.2, 0.25) is 0 Å². The Bertz CT molecular complexity index is 583. The summed E-state index contributed by atoms with van der Waals surface area (Å²) >= 11 is 10.3. The molecule has 0 aliphatic carbocycles. The molecule has 1 nitrogen and oxygen atoms in total. The quantitative estimate of drug-likeness (QED) is 0.623. The standard InChI is InChI=1S/C17H18BrClO/c1-3-12-7-5-6-8-14(12)17(19)15-10-9-13(20-4-2)11-16(15)18/h5-11,17H,3-4H2,1-2H3. The van der Waals surface area contributed by atoms with Crippen molar-refractivity contribution in [1.29, 1.82) is 0 Å². The first-order valence-electron chi connectivity index (χ1n) is 6.81. The highest BCUT2D eigenvalue weighted by Crippen LogP contribution is 2.37. The van der Waals surface area contributed by atoms with Gasteiger partial charge < -0.3 is 4.74 Å². The van der Waals surface area contributed by atoms with Crippen molar-refractivity contribution in [3.8, 4) is 5.75 Å². The van der Waals surface area contributed by atoms with Crippen LogP contribution < -0.4 is 4.74 Å². The zero-order valence-corrected chi connectivity index (χ0v) is 14.0. The van der Waals surface area contributed by atoms with E-state index in [2.05, 4.69) is 41.1 Å². The van der Waals surface area contributed by atoms with E-state index in [1.54, 1.807) is 0 Å². The molecule has 0 heterocycles. The minimum atomic E-state index is -0.156. The molecule has 0 spiro atoms. The molecule has 0 N–H and O–H groups in total. The van der Waals surface area contributed by atoms with Crippen LogP contribution in [0, 0.1) is 0 Å². The lowest BCUT2D eigenvalue weighted by atomic mass is 9.98. The van der Waals surface area contributed by atoms with E-state index < -0.39 is 0 Å². The SMILES string of the molecule is CCOc1ccc(C(Cl)c2ccccc2CC)c(Br)c1. The van der Waals surface area contributed by atoms with E-state index in [4.69, 9.17) is 16.3 Å². The van der Waals surface area contributed by atoms with Crippen molar-refractivity contribution >= 4 is 27.5 Å². The van der Waals surface area contributed by atoms with Gasteiger partial charge in [-0.25, -0.2) is 0 Å². The minimum Gasteiger partial charge on any atom is -0.494 e. The Morgan fingerprint density at radius 3 is 2.50 bits per heavy atom. The molecule has 2 rings (SSSR count). The molecule has 0 amide bonds. The van der Waals surface area contributed by atoms with E-state index in [0.717, 1.165) is 22.2 Å². The molecule has 106 valence electrons. The van der Waals surface area contributed by atoms with Crippen molar-refractivity contribution in [2.75, 3.05) is 6.61 Å². The summed E-state index contributed by atoms with van der Waals surface area (Å²) < 4.78 is 6.48. The van der Waals surface area contributed by atoms with Crippen molar-refractivity contribution in [3.63, 3.8) is 0 Å². The number of benzene rings is 2. The molecule has 0 aliphatic rings. The first kappa shape index (κ1) is 15.4. The smallest absolute Gasteiger partial charge is 0.120 e. The third-order valence-corrected chi connectivity index (χ3v) is 4.42. The summed E-state index contributed by atoms with van der Waals surface area (Å²) in [6.45, 7) is 4.79. The summed E-state index contributed by atoms with van der Waals surface area (Å²) in [6.07, 6.45) is 0.980. The number of aryl methyl sites for hydroxylation is 1. The van der Waals surface area contributed by atoms with Crippen LogP contribution in [0.3, 0.4) is 0 Å². The highest BCUT2D eigenvalue weighted by molar-refractivity contribution is 9.10. The van der Waals surface area contributed by atoms with Gasteiger partial charge in [0.1, 0.15) is 5.75 Å². The average Bonchev–Trinajstić information content (AvgIpc) is 2.47. The predicted octanol–water partition coefficient (Wildman–Crippen LogP) is 5.74. The van der Waals surface area contributed by atoms with Crippen LogP contribution in [0.2, 0.25) is 0 Å². The normalized spacial score (nSPS) is 12.2. The number of hydrogen-bond acceptors (Lipinski definition) is 1. The molecule has 0 fully saturated rings. The Morgan fingerprint density at radius 1 is 1.10 bits per heavy atom. The molecule has 0 saturated heterocycles. The lowest BCUT2D eigenvalue weighted by Crippen LogP contribution is -2.00. The summed E-state index contributed by atoms with van der Waals surface area (Å²) in [5.41, 5.74) is 3.52. The first-order valence-corrected chi connectivity index (χ1v) is 8.04. The Labute approximate surface area is 134 Å². The topological polar surface area (TPSA) is 9.23 Å². The van der Waals surface area contributed by atoms with Crippen molar-refractivity contribution in [2.45, 2.75) is 25.6 Å². The van der Waals surface area contributed by atoms with Gasteiger partial charge in [0.05, 0.1) is 12.0 Å². The van der Waals surface area contributed by atoms with Crippen LogP contribution in [0.25, 0.3) is 0 Å². The van der Waals surface area contributed by atoms with Crippen LogP contribution in [0.1, 0.15) is 35.9 Å². The highest BCUT2D eigenvalue weighted by Gasteiger charge is 2.16. The second-order valence-electron chi connectivity index (χ2n) is 4.53. The number of hydrogen-bond donors (Lipinski definition) is 0. The van der Waals surface area contributed by atoms with Crippen LogP contribution in [-0.4, -0.2) is 6.61 Å². The van der Waals surface area contributed by atoms with Crippen molar-refractivity contribution < 1.29 is 4.74 Å². The molecule has 2 aromatic rings. The molecule has 0 aromatic heterocycles. The summed E-state index contributed by atoms with van der Waals surface area (Å²) in [7, 11) is 0. The van der Waals surface area contributed by atoms with E-state index in [1.165, 1.54) is 11.1 Å². The maximum absolute atomic E-state index is 6.68. The molecule has 3 heteroatoms. The van der Waals surface area contributed by atoms with Crippen molar-refractivity contribution in [2.24, 2.45) is 0 Å². The Kier molecular flexibility index (Phi) is 5.50. The zero-order chi connectivity index (χ0) is 14.5. The maximum Gasteiger partial charge on any atom is 0.120 e. The van der Waals surface area contributed by atoms with Gasteiger partial charge in [0.25, 0.3) is 0 Å². The Balaban J connectivity index is 2.35. The van der Waals surface area contributed by atoms with Gasteiger partial charge in [0.15, 0.2) is 0 Å². The molecular formula is C17H18BrClO. The van der Waals surface area contributed by atoms with E-state index in [-0.39, 0.29) is 5.38 Å². The van der Waals surface area contributed by atoms with Crippen molar-refractivity contribution in [1.82, 2.24) is 0 Å². The molecule has 0 radical (unpaired) electrons. The number of ether oxygens (including phenoxy) is 1.